The predicted molar refractivity (Wildman–Crippen MR) is 236 cm³/mol. The maximum atomic E-state index is 14.3. The van der Waals surface area contributed by atoms with Crippen LogP contribution in [0.15, 0.2) is 48.7 Å². The van der Waals surface area contributed by atoms with Crippen molar-refractivity contribution in [2.75, 3.05) is 41.1 Å². The van der Waals surface area contributed by atoms with Crippen molar-refractivity contribution in [1.29, 1.82) is 0 Å². The van der Waals surface area contributed by atoms with Gasteiger partial charge in [0.05, 0.1) is 55.3 Å². The Morgan fingerprint density at radius 3 is 2.41 bits per heavy atom. The number of likely N-dealkylation sites (tertiary alicyclic amines) is 2. The molecule has 0 saturated carbocycles. The van der Waals surface area contributed by atoms with Crippen molar-refractivity contribution in [3.63, 3.8) is 0 Å². The summed E-state index contributed by atoms with van der Waals surface area (Å²) in [6.07, 6.45) is 3.48. The van der Waals surface area contributed by atoms with Crippen molar-refractivity contribution in [1.82, 2.24) is 40.4 Å². The Balaban J connectivity index is 0.962. The monoisotopic (exact) mass is 876 g/mol. The first kappa shape index (κ1) is 43.1. The molecule has 64 heavy (non-hydrogen) atoms. The second-order valence-corrected chi connectivity index (χ2v) is 17.6. The van der Waals surface area contributed by atoms with Crippen molar-refractivity contribution in [3.8, 4) is 28.1 Å². The lowest BCUT2D eigenvalue weighted by Crippen LogP contribution is -2.55. The molecule has 9 rings (SSSR count). The van der Waals surface area contributed by atoms with Gasteiger partial charge in [-0.1, -0.05) is 25.1 Å². The molecule has 0 bridgehead atoms. The number of nitrogens with zero attached hydrogens (tertiary/aromatic N) is 4. The van der Waals surface area contributed by atoms with Gasteiger partial charge >= 0.3 is 12.2 Å². The molecule has 4 amide bonds. The Kier molecular flexibility index (Phi) is 11.9. The van der Waals surface area contributed by atoms with E-state index < -0.39 is 30.4 Å². The van der Waals surface area contributed by atoms with Gasteiger partial charge in [0.2, 0.25) is 11.8 Å². The number of aromatic amines is 2. The lowest BCUT2D eigenvalue weighted by molar-refractivity contribution is -0.139. The van der Waals surface area contributed by atoms with Gasteiger partial charge in [-0.25, -0.2) is 19.6 Å². The number of alkyl carbamates (subject to hydrolysis) is 2. The minimum atomic E-state index is -0.929. The van der Waals surface area contributed by atoms with Crippen LogP contribution in [0.4, 0.5) is 9.59 Å². The molecule has 0 aliphatic carbocycles. The topological polar surface area (TPSA) is 202 Å². The first-order valence-electron chi connectivity index (χ1n) is 22.2. The fraction of sp³-hybridized carbons (Fsp3) is 0.489. The van der Waals surface area contributed by atoms with E-state index in [1.807, 2.05) is 17.9 Å². The zero-order valence-corrected chi connectivity index (χ0v) is 37.1. The van der Waals surface area contributed by atoms with E-state index in [1.165, 1.54) is 21.3 Å². The third-order valence-electron chi connectivity index (χ3n) is 13.6. The average molecular weight is 877 g/mol. The third kappa shape index (κ3) is 7.99. The minimum Gasteiger partial charge on any atom is -0.488 e. The maximum Gasteiger partial charge on any atom is 0.407 e. The number of carbonyl (C=O) groups excluding carboxylic acids is 4. The quantitative estimate of drug-likeness (QED) is 0.119. The number of H-pyrrole nitrogens is 2. The first-order chi connectivity index (χ1) is 31.0. The third-order valence-corrected chi connectivity index (χ3v) is 13.6. The molecule has 0 spiro atoms. The first-order valence-corrected chi connectivity index (χ1v) is 22.2. The molecule has 17 nitrogen and oxygen atoms in total. The van der Waals surface area contributed by atoms with Gasteiger partial charge in [-0.3, -0.25) is 9.59 Å². The van der Waals surface area contributed by atoms with Gasteiger partial charge in [0, 0.05) is 43.9 Å². The van der Waals surface area contributed by atoms with Gasteiger partial charge in [-0.05, 0) is 104 Å². The summed E-state index contributed by atoms with van der Waals surface area (Å²) in [6.45, 7) is 7.88. The number of hydrogen-bond donors (Lipinski definition) is 4. The molecular formula is C47H56N8O9. The zero-order valence-electron chi connectivity index (χ0n) is 37.1. The van der Waals surface area contributed by atoms with Crippen LogP contribution in [0.3, 0.4) is 0 Å². The summed E-state index contributed by atoms with van der Waals surface area (Å²) in [6, 6.07) is 12.3. The summed E-state index contributed by atoms with van der Waals surface area (Å²) in [5.41, 5.74) is 6.50. The zero-order chi connectivity index (χ0) is 44.8. The maximum absolute atomic E-state index is 14.3. The molecule has 4 N–H and O–H groups in total. The van der Waals surface area contributed by atoms with Crippen LogP contribution in [0.2, 0.25) is 0 Å². The number of imidazole rings is 2. The number of benzene rings is 3. The molecule has 2 aromatic heterocycles. The molecule has 7 atom stereocenters. The molecule has 17 heteroatoms. The van der Waals surface area contributed by atoms with Crippen LogP contribution in [-0.2, 0) is 35.1 Å². The minimum absolute atomic E-state index is 0.0578. The number of hydrogen-bond acceptors (Lipinski definition) is 11. The molecule has 5 aromatic rings. The predicted octanol–water partition coefficient (Wildman–Crippen LogP) is 6.54. The van der Waals surface area contributed by atoms with Gasteiger partial charge in [0.25, 0.3) is 0 Å². The Morgan fingerprint density at radius 2 is 1.64 bits per heavy atom. The van der Waals surface area contributed by atoms with E-state index in [0.29, 0.717) is 57.3 Å². The molecule has 338 valence electrons. The van der Waals surface area contributed by atoms with Gasteiger partial charge in [-0.2, -0.15) is 0 Å². The molecule has 4 aliphatic heterocycles. The van der Waals surface area contributed by atoms with E-state index in [0.717, 1.165) is 68.3 Å². The van der Waals surface area contributed by atoms with E-state index >= 15 is 0 Å². The Hall–Kier alpha value is -6.20. The number of fused-ring (bicyclic) bond motifs is 6. The highest BCUT2D eigenvalue weighted by Crippen LogP contribution is 2.44. The number of amides is 4. The van der Waals surface area contributed by atoms with Gasteiger partial charge in [0.15, 0.2) is 0 Å². The number of methoxy groups -OCH3 is 3. The number of ether oxygens (including phenoxy) is 5. The van der Waals surface area contributed by atoms with Crippen LogP contribution in [-0.4, -0.2) is 119 Å². The summed E-state index contributed by atoms with van der Waals surface area (Å²) < 4.78 is 27.2. The highest BCUT2D eigenvalue weighted by molar-refractivity contribution is 6.07. The van der Waals surface area contributed by atoms with E-state index in [-0.39, 0.29) is 41.8 Å². The van der Waals surface area contributed by atoms with E-state index in [1.54, 1.807) is 18.0 Å². The molecule has 6 heterocycles. The Labute approximate surface area is 370 Å². The highest BCUT2D eigenvalue weighted by Gasteiger charge is 2.44. The summed E-state index contributed by atoms with van der Waals surface area (Å²) in [4.78, 5) is 73.5. The van der Waals surface area contributed by atoms with Gasteiger partial charge in [-0.15, -0.1) is 0 Å². The lowest BCUT2D eigenvalue weighted by atomic mass is 9.90. The molecule has 3 fully saturated rings. The highest BCUT2D eigenvalue weighted by atomic mass is 16.5. The van der Waals surface area contributed by atoms with E-state index in [9.17, 15) is 19.2 Å². The number of aromatic nitrogens is 4. The summed E-state index contributed by atoms with van der Waals surface area (Å²) in [5, 5.41) is 7.45. The summed E-state index contributed by atoms with van der Waals surface area (Å²) >= 11 is 0. The Bertz CT molecular complexity index is 2590. The van der Waals surface area contributed by atoms with Crippen LogP contribution in [0.25, 0.3) is 44.2 Å². The van der Waals surface area contributed by atoms with Crippen LogP contribution in [0.1, 0.15) is 82.2 Å². The second-order valence-electron chi connectivity index (χ2n) is 17.6. The standard InChI is InChI=1S/C47H56N8O9/c1-24-17-37(54(22-24)44(56)40(53-47(59)62-6)27-13-15-63-16-14-27)43-49-34-11-9-28-19-33-31-10-8-29(18-30(31)23-64-38(33)20-32(28)41(34)51-43)35-21-48-42(50-35)36-12-7-25(2)55(36)45(57)39(26(3)60-4)52-46(58)61-5/h8-11,18-21,24-27,36-37,39-40H,7,12-17,22-23H2,1-6H3,(H,48,50)(H,49,51)(H,52,58)(H,53,59)/t24-,25-,26+,36-,37-,39?,40-/m0/s1. The SMILES string of the molecule is COC(=O)NC(C(=O)N1[C@@H](C)CC[C@H]1c1ncc(-c2ccc3c(c2)COc2cc4c(ccc5[nH]c([C@@H]6C[C@H](C)CN6C(=O)[C@@H](NC(=O)OC)C6CCOCC6)nc54)cc2-3)[nH]1)[C@@H](C)OC. The molecular weight excluding hydrogens is 821 g/mol. The fourth-order valence-electron chi connectivity index (χ4n) is 10.1. The largest absolute Gasteiger partial charge is 0.488 e. The Morgan fingerprint density at radius 1 is 0.859 bits per heavy atom. The summed E-state index contributed by atoms with van der Waals surface area (Å²) in [7, 11) is 4.07. The average Bonchev–Trinajstić information content (AvgIpc) is 4.14. The molecule has 0 radical (unpaired) electrons. The van der Waals surface area contributed by atoms with Crippen LogP contribution >= 0.6 is 0 Å². The number of nitrogens with one attached hydrogen (secondary N) is 4. The lowest BCUT2D eigenvalue weighted by Gasteiger charge is -2.34. The summed E-state index contributed by atoms with van der Waals surface area (Å²) in [5.74, 6) is 1.94. The normalized spacial score (nSPS) is 22.3. The van der Waals surface area contributed by atoms with Gasteiger partial charge < -0.3 is 54.1 Å². The molecule has 3 saturated heterocycles. The second kappa shape index (κ2) is 17.8. The van der Waals surface area contributed by atoms with Crippen molar-refractivity contribution < 1.29 is 42.9 Å². The fourth-order valence-corrected chi connectivity index (χ4v) is 10.1. The smallest absolute Gasteiger partial charge is 0.407 e. The van der Waals surface area contributed by atoms with Crippen molar-refractivity contribution in [2.45, 2.75) is 95.8 Å². The van der Waals surface area contributed by atoms with Crippen LogP contribution in [0, 0.1) is 11.8 Å². The van der Waals surface area contributed by atoms with Crippen LogP contribution in [0.5, 0.6) is 5.75 Å². The van der Waals surface area contributed by atoms with Crippen molar-refractivity contribution >= 4 is 45.8 Å². The molecule has 1 unspecified atom stereocenters. The molecule has 3 aromatic carbocycles. The van der Waals surface area contributed by atoms with Crippen molar-refractivity contribution in [3.05, 3.63) is 65.9 Å². The van der Waals surface area contributed by atoms with E-state index in [2.05, 4.69) is 63.9 Å². The number of rotatable bonds is 10. The molecule has 4 aliphatic rings. The van der Waals surface area contributed by atoms with Gasteiger partial charge in [0.1, 0.15) is 36.1 Å². The number of carbonyl (C=O) groups is 4. The van der Waals surface area contributed by atoms with Crippen LogP contribution < -0.4 is 15.4 Å². The van der Waals surface area contributed by atoms with Crippen molar-refractivity contribution in [2.24, 2.45) is 11.8 Å². The van der Waals surface area contributed by atoms with E-state index in [4.69, 9.17) is 33.7 Å².